The summed E-state index contributed by atoms with van der Waals surface area (Å²) in [6.45, 7) is 9.33. The van der Waals surface area contributed by atoms with Crippen LogP contribution in [0.15, 0.2) is 52.4 Å². The van der Waals surface area contributed by atoms with Gasteiger partial charge in [0.05, 0.1) is 22.3 Å². The Balaban J connectivity index is 2.10. The fraction of sp³-hybridized carbons (Fsp3) is 0.318. The number of hydrogen-bond donors (Lipinski definition) is 0. The third kappa shape index (κ3) is 3.97. The molecule has 0 N–H and O–H groups in total. The molecule has 0 saturated carbocycles. The van der Waals surface area contributed by atoms with E-state index in [4.69, 9.17) is 4.98 Å². The van der Waals surface area contributed by atoms with Gasteiger partial charge in [-0.1, -0.05) is 30.0 Å². The lowest BCUT2D eigenvalue weighted by molar-refractivity contribution is -0.127. The van der Waals surface area contributed by atoms with Gasteiger partial charge in [-0.15, -0.1) is 0 Å². The average molecular weight is 396 g/mol. The number of aryl methyl sites for hydroxylation is 2. The second kappa shape index (κ2) is 8.61. The number of carbonyl (C=O) groups excluding carboxylic acids is 1. The molecule has 0 radical (unpaired) electrons. The van der Waals surface area contributed by atoms with Crippen LogP contribution in [0.1, 0.15) is 25.0 Å². The van der Waals surface area contributed by atoms with Gasteiger partial charge in [0.15, 0.2) is 5.16 Å². The molecule has 28 heavy (non-hydrogen) atoms. The number of rotatable bonds is 6. The highest BCUT2D eigenvalue weighted by Gasteiger charge is 2.17. The van der Waals surface area contributed by atoms with E-state index in [1.54, 1.807) is 15.5 Å². The summed E-state index contributed by atoms with van der Waals surface area (Å²) >= 11 is 1.31. The fourth-order valence-electron chi connectivity index (χ4n) is 3.10. The second-order valence-electron chi connectivity index (χ2n) is 6.68. The van der Waals surface area contributed by atoms with Crippen LogP contribution < -0.4 is 5.56 Å². The number of benzene rings is 2. The van der Waals surface area contributed by atoms with Crippen molar-refractivity contribution in [2.75, 3.05) is 18.8 Å². The predicted molar refractivity (Wildman–Crippen MR) is 115 cm³/mol. The molecule has 0 atom stereocenters. The number of thioether (sulfide) groups is 1. The van der Waals surface area contributed by atoms with Gasteiger partial charge >= 0.3 is 0 Å². The van der Waals surface area contributed by atoms with Gasteiger partial charge in [0, 0.05) is 13.1 Å². The molecule has 3 rings (SSSR count). The van der Waals surface area contributed by atoms with Gasteiger partial charge in [0.2, 0.25) is 5.91 Å². The maximum atomic E-state index is 13.3. The van der Waals surface area contributed by atoms with Gasteiger partial charge in [0.1, 0.15) is 0 Å². The van der Waals surface area contributed by atoms with E-state index in [9.17, 15) is 9.59 Å². The van der Waals surface area contributed by atoms with Gasteiger partial charge in [-0.3, -0.25) is 14.2 Å². The Kier molecular flexibility index (Phi) is 6.19. The second-order valence-corrected chi connectivity index (χ2v) is 7.62. The van der Waals surface area contributed by atoms with E-state index in [-0.39, 0.29) is 17.2 Å². The standard InChI is InChI=1S/C22H25N3O2S/c1-5-24(6-2)20(26)14-28-22-23-19-10-8-7-9-18(19)21(27)25(22)17-12-11-15(3)16(4)13-17/h7-13H,5-6,14H2,1-4H3. The Morgan fingerprint density at radius 1 is 1.07 bits per heavy atom. The summed E-state index contributed by atoms with van der Waals surface area (Å²) in [5, 5.41) is 1.10. The maximum absolute atomic E-state index is 13.3. The Morgan fingerprint density at radius 2 is 1.79 bits per heavy atom. The van der Waals surface area contributed by atoms with Gasteiger partial charge in [-0.25, -0.2) is 4.98 Å². The molecule has 1 heterocycles. The minimum atomic E-state index is -0.119. The van der Waals surface area contributed by atoms with E-state index in [1.165, 1.54) is 11.8 Å². The van der Waals surface area contributed by atoms with Crippen molar-refractivity contribution in [3.8, 4) is 5.69 Å². The van der Waals surface area contributed by atoms with Crippen LogP contribution in [0.4, 0.5) is 0 Å². The third-order valence-electron chi connectivity index (χ3n) is 4.93. The zero-order valence-corrected chi connectivity index (χ0v) is 17.5. The summed E-state index contributed by atoms with van der Waals surface area (Å²) in [5.74, 6) is 0.293. The van der Waals surface area contributed by atoms with Crippen LogP contribution in [0, 0.1) is 13.8 Å². The molecule has 0 saturated heterocycles. The zero-order valence-electron chi connectivity index (χ0n) is 16.7. The number of aromatic nitrogens is 2. The zero-order chi connectivity index (χ0) is 20.3. The molecule has 5 nitrogen and oxygen atoms in total. The molecule has 0 unspecified atom stereocenters. The molecule has 0 spiro atoms. The summed E-state index contributed by atoms with van der Waals surface area (Å²) in [6, 6.07) is 13.2. The predicted octanol–water partition coefficient (Wildman–Crippen LogP) is 3.96. The lowest BCUT2D eigenvalue weighted by atomic mass is 10.1. The first-order valence-electron chi connectivity index (χ1n) is 9.46. The Morgan fingerprint density at radius 3 is 2.46 bits per heavy atom. The monoisotopic (exact) mass is 395 g/mol. The van der Waals surface area contributed by atoms with Crippen LogP contribution in [0.3, 0.4) is 0 Å². The molecule has 3 aromatic rings. The lowest BCUT2D eigenvalue weighted by Crippen LogP contribution is -2.32. The smallest absolute Gasteiger partial charge is 0.266 e. The van der Waals surface area contributed by atoms with Crippen LogP contribution in [0.2, 0.25) is 0 Å². The molecule has 0 aliphatic rings. The third-order valence-corrected chi connectivity index (χ3v) is 5.86. The van der Waals surface area contributed by atoms with Crippen molar-refractivity contribution in [2.24, 2.45) is 0 Å². The Labute approximate surface area is 169 Å². The van der Waals surface area contributed by atoms with Crippen LogP contribution in [-0.4, -0.2) is 39.2 Å². The van der Waals surface area contributed by atoms with Crippen molar-refractivity contribution in [3.05, 3.63) is 63.9 Å². The summed E-state index contributed by atoms with van der Waals surface area (Å²) in [4.78, 5) is 32.2. The highest BCUT2D eigenvalue weighted by molar-refractivity contribution is 7.99. The van der Waals surface area contributed by atoms with Gasteiger partial charge in [-0.05, 0) is 63.1 Å². The van der Waals surface area contributed by atoms with E-state index in [2.05, 4.69) is 0 Å². The number of fused-ring (bicyclic) bond motifs is 1. The van der Waals surface area contributed by atoms with Gasteiger partial charge in [-0.2, -0.15) is 0 Å². The van der Waals surface area contributed by atoms with E-state index >= 15 is 0 Å². The van der Waals surface area contributed by atoms with Crippen molar-refractivity contribution in [1.82, 2.24) is 14.5 Å². The van der Waals surface area contributed by atoms with E-state index in [0.717, 1.165) is 16.8 Å². The van der Waals surface area contributed by atoms with Crippen molar-refractivity contribution >= 4 is 28.6 Å². The molecule has 0 bridgehead atoms. The highest BCUT2D eigenvalue weighted by Crippen LogP contribution is 2.23. The van der Waals surface area contributed by atoms with Crippen molar-refractivity contribution < 1.29 is 4.79 Å². The van der Waals surface area contributed by atoms with Crippen LogP contribution in [0.25, 0.3) is 16.6 Å². The van der Waals surface area contributed by atoms with Gasteiger partial charge in [0.25, 0.3) is 5.56 Å². The molecule has 0 aliphatic carbocycles. The van der Waals surface area contributed by atoms with E-state index in [0.29, 0.717) is 29.1 Å². The number of carbonyl (C=O) groups is 1. The average Bonchev–Trinajstić information content (AvgIpc) is 2.70. The van der Waals surface area contributed by atoms with Crippen molar-refractivity contribution in [1.29, 1.82) is 0 Å². The largest absolute Gasteiger partial charge is 0.343 e. The first-order valence-corrected chi connectivity index (χ1v) is 10.4. The lowest BCUT2D eigenvalue weighted by Gasteiger charge is -2.19. The van der Waals surface area contributed by atoms with Crippen LogP contribution in [-0.2, 0) is 4.79 Å². The molecule has 1 aromatic heterocycles. The van der Waals surface area contributed by atoms with Crippen molar-refractivity contribution in [2.45, 2.75) is 32.9 Å². The molecular weight excluding hydrogens is 370 g/mol. The summed E-state index contributed by atoms with van der Waals surface area (Å²) in [6.07, 6.45) is 0. The number of amides is 1. The molecule has 1 amide bonds. The Hall–Kier alpha value is -2.60. The van der Waals surface area contributed by atoms with Crippen LogP contribution >= 0.6 is 11.8 Å². The van der Waals surface area contributed by atoms with E-state index < -0.39 is 0 Å². The molecule has 2 aromatic carbocycles. The topological polar surface area (TPSA) is 55.2 Å². The summed E-state index contributed by atoms with van der Waals surface area (Å²) in [7, 11) is 0. The molecule has 0 aliphatic heterocycles. The number of para-hydroxylation sites is 1. The first-order chi connectivity index (χ1) is 13.5. The Bertz CT molecular complexity index is 1070. The minimum absolute atomic E-state index is 0.0454. The minimum Gasteiger partial charge on any atom is -0.343 e. The quantitative estimate of drug-likeness (QED) is 0.468. The van der Waals surface area contributed by atoms with Gasteiger partial charge < -0.3 is 4.90 Å². The molecule has 6 heteroatoms. The first kappa shape index (κ1) is 20.1. The number of hydrogen-bond acceptors (Lipinski definition) is 4. The normalized spacial score (nSPS) is 11.0. The molecule has 146 valence electrons. The SMILES string of the molecule is CCN(CC)C(=O)CSc1nc2ccccc2c(=O)n1-c1ccc(C)c(C)c1. The summed E-state index contributed by atoms with van der Waals surface area (Å²) in [5.41, 5.74) is 3.56. The maximum Gasteiger partial charge on any atom is 0.266 e. The van der Waals surface area contributed by atoms with Crippen molar-refractivity contribution in [3.63, 3.8) is 0 Å². The molecule has 0 fully saturated rings. The molecular formula is C22H25N3O2S. The van der Waals surface area contributed by atoms with E-state index in [1.807, 2.05) is 64.1 Å². The fourth-order valence-corrected chi connectivity index (χ4v) is 4.01. The number of nitrogens with zero attached hydrogens (tertiary/aromatic N) is 3. The highest BCUT2D eigenvalue weighted by atomic mass is 32.2. The summed E-state index contributed by atoms with van der Waals surface area (Å²) < 4.78 is 1.62. The van der Waals surface area contributed by atoms with Crippen LogP contribution in [0.5, 0.6) is 0 Å².